The Kier molecular flexibility index (Phi) is 6.09. The number of hydrogen-bond donors (Lipinski definition) is 2. The van der Waals surface area contributed by atoms with Crippen LogP contribution in [-0.2, 0) is 4.79 Å². The lowest BCUT2D eigenvalue weighted by molar-refractivity contribution is -0.115. The molecule has 2 heterocycles. The van der Waals surface area contributed by atoms with E-state index in [4.69, 9.17) is 43.1 Å². The summed E-state index contributed by atoms with van der Waals surface area (Å²) in [5.74, 6) is 1.59. The van der Waals surface area contributed by atoms with Crippen molar-refractivity contribution in [2.24, 2.45) is 5.73 Å². The fourth-order valence-electron chi connectivity index (χ4n) is 3.78. The van der Waals surface area contributed by atoms with E-state index in [9.17, 15) is 4.79 Å². The molecule has 0 spiro atoms. The number of nitrogens with one attached hydrogen (secondary N) is 1. The first-order valence-electron chi connectivity index (χ1n) is 9.78. The predicted molar refractivity (Wildman–Crippen MR) is 125 cm³/mol. The Morgan fingerprint density at radius 1 is 1.03 bits per heavy atom. The van der Waals surface area contributed by atoms with Crippen LogP contribution in [0.3, 0.4) is 0 Å². The van der Waals surface area contributed by atoms with Gasteiger partial charge in [-0.1, -0.05) is 23.2 Å². The summed E-state index contributed by atoms with van der Waals surface area (Å²) in [6, 6.07) is 7.77. The van der Waals surface area contributed by atoms with Crippen LogP contribution >= 0.6 is 23.2 Å². The molecule has 9 nitrogen and oxygen atoms in total. The highest BCUT2D eigenvalue weighted by Crippen LogP contribution is 2.44. The maximum atomic E-state index is 12.5. The van der Waals surface area contributed by atoms with Crippen LogP contribution in [0.5, 0.6) is 17.2 Å². The maximum absolute atomic E-state index is 12.5. The molecule has 0 saturated carbocycles. The van der Waals surface area contributed by atoms with E-state index >= 15 is 0 Å². The second-order valence-corrected chi connectivity index (χ2v) is 8.03. The molecule has 33 heavy (non-hydrogen) atoms. The molecule has 3 aromatic rings. The van der Waals surface area contributed by atoms with Crippen LogP contribution < -0.4 is 25.3 Å². The number of hydrogen-bond acceptors (Lipinski definition) is 7. The van der Waals surface area contributed by atoms with Gasteiger partial charge >= 0.3 is 0 Å². The highest BCUT2D eigenvalue weighted by Gasteiger charge is 2.36. The highest BCUT2D eigenvalue weighted by atomic mass is 35.5. The zero-order chi connectivity index (χ0) is 23.9. The molecule has 0 aliphatic carbocycles. The van der Waals surface area contributed by atoms with Gasteiger partial charge in [0.15, 0.2) is 17.3 Å². The Labute approximate surface area is 200 Å². The van der Waals surface area contributed by atoms with E-state index in [0.717, 1.165) is 0 Å². The van der Waals surface area contributed by atoms with E-state index in [1.54, 1.807) is 41.9 Å². The maximum Gasteiger partial charge on any atom is 0.248 e. The summed E-state index contributed by atoms with van der Waals surface area (Å²) >= 11 is 12.2. The molecule has 4 rings (SSSR count). The lowest BCUT2D eigenvalue weighted by Crippen LogP contribution is -2.32. The van der Waals surface area contributed by atoms with E-state index in [-0.39, 0.29) is 0 Å². The average Bonchev–Trinajstić information content (AvgIpc) is 3.22. The standard InChI is InChI=1S/C22H21Cl2N5O4/c1-10-18(20(25)30)19(12-8-16(32-3)17(33-4)9-15(12)31-2)29-22(26-10)27-21(28-29)11-5-6-13(23)14(24)7-11/h5-9,19H,1-4H3,(H2,25,30)(H,26,27,28). The number of amides is 1. The third-order valence-electron chi connectivity index (χ3n) is 5.33. The minimum absolute atomic E-state index is 0.304. The molecule has 0 saturated heterocycles. The van der Waals surface area contributed by atoms with E-state index < -0.39 is 11.9 Å². The molecule has 1 aromatic heterocycles. The van der Waals surface area contributed by atoms with Gasteiger partial charge in [0.05, 0.1) is 36.9 Å². The molecule has 0 bridgehead atoms. The Bertz CT molecular complexity index is 1290. The number of nitrogens with two attached hydrogens (primary N) is 1. The lowest BCUT2D eigenvalue weighted by atomic mass is 9.94. The third kappa shape index (κ3) is 3.94. The largest absolute Gasteiger partial charge is 0.496 e. The van der Waals surface area contributed by atoms with Crippen LogP contribution in [0.1, 0.15) is 18.5 Å². The number of anilines is 1. The van der Waals surface area contributed by atoms with Crippen molar-refractivity contribution in [2.45, 2.75) is 13.0 Å². The quantitative estimate of drug-likeness (QED) is 0.536. The number of aromatic nitrogens is 3. The second kappa shape index (κ2) is 8.84. The average molecular weight is 490 g/mol. The van der Waals surface area contributed by atoms with Gasteiger partial charge in [0.25, 0.3) is 0 Å². The highest BCUT2D eigenvalue weighted by molar-refractivity contribution is 6.42. The van der Waals surface area contributed by atoms with Gasteiger partial charge in [-0.3, -0.25) is 4.79 Å². The number of fused-ring (bicyclic) bond motifs is 1. The molecule has 1 amide bonds. The van der Waals surface area contributed by atoms with Gasteiger partial charge in [0.1, 0.15) is 11.8 Å². The van der Waals surface area contributed by atoms with Crippen molar-refractivity contribution >= 4 is 35.1 Å². The SMILES string of the molecule is COc1cc(OC)c(C2C(C(N)=O)=C(C)Nc3nc(-c4ccc(Cl)c(Cl)c4)nn32)cc1OC. The Balaban J connectivity index is 1.95. The summed E-state index contributed by atoms with van der Waals surface area (Å²) in [6.45, 7) is 1.75. The van der Waals surface area contributed by atoms with Gasteiger partial charge in [-0.2, -0.15) is 4.98 Å². The van der Waals surface area contributed by atoms with Gasteiger partial charge < -0.3 is 25.3 Å². The van der Waals surface area contributed by atoms with Gasteiger partial charge in [0, 0.05) is 22.9 Å². The van der Waals surface area contributed by atoms with Crippen molar-refractivity contribution < 1.29 is 19.0 Å². The summed E-state index contributed by atoms with van der Waals surface area (Å²) in [4.78, 5) is 17.1. The molecule has 1 aliphatic heterocycles. The van der Waals surface area contributed by atoms with E-state index in [1.807, 2.05) is 0 Å². The molecular formula is C22H21Cl2N5O4. The molecule has 1 aliphatic rings. The zero-order valence-electron chi connectivity index (χ0n) is 18.3. The van der Waals surface area contributed by atoms with Crippen LogP contribution in [0.15, 0.2) is 41.6 Å². The van der Waals surface area contributed by atoms with Crippen molar-refractivity contribution in [3.8, 4) is 28.6 Å². The first kappa shape index (κ1) is 22.8. The number of rotatable bonds is 6. The van der Waals surface area contributed by atoms with Crippen LogP contribution in [0.25, 0.3) is 11.4 Å². The molecule has 11 heteroatoms. The number of carbonyl (C=O) groups excluding carboxylic acids is 1. The van der Waals surface area contributed by atoms with E-state index in [0.29, 0.717) is 61.5 Å². The molecule has 2 aromatic carbocycles. The van der Waals surface area contributed by atoms with E-state index in [1.165, 1.54) is 21.3 Å². The number of carbonyl (C=O) groups is 1. The molecule has 1 atom stereocenters. The lowest BCUT2D eigenvalue weighted by Gasteiger charge is -2.29. The number of allylic oxidation sites excluding steroid dienone is 1. The zero-order valence-corrected chi connectivity index (χ0v) is 19.8. The van der Waals surface area contributed by atoms with Crippen molar-refractivity contribution in [3.05, 3.63) is 57.2 Å². The minimum Gasteiger partial charge on any atom is -0.496 e. The van der Waals surface area contributed by atoms with Crippen molar-refractivity contribution in [1.29, 1.82) is 0 Å². The van der Waals surface area contributed by atoms with Crippen molar-refractivity contribution in [2.75, 3.05) is 26.6 Å². The molecule has 172 valence electrons. The van der Waals surface area contributed by atoms with Gasteiger partial charge in [0.2, 0.25) is 11.9 Å². The first-order valence-corrected chi connectivity index (χ1v) is 10.5. The topological polar surface area (TPSA) is 114 Å². The normalized spacial score (nSPS) is 15.0. The summed E-state index contributed by atoms with van der Waals surface area (Å²) in [5, 5.41) is 8.57. The molecule has 1 unspecified atom stereocenters. The van der Waals surface area contributed by atoms with Crippen LogP contribution in [0.2, 0.25) is 10.0 Å². The number of benzene rings is 2. The van der Waals surface area contributed by atoms with E-state index in [2.05, 4.69) is 15.4 Å². The number of primary amides is 1. The predicted octanol–water partition coefficient (Wildman–Crippen LogP) is 4.05. The molecular weight excluding hydrogens is 469 g/mol. The second-order valence-electron chi connectivity index (χ2n) is 7.21. The number of methoxy groups -OCH3 is 3. The monoisotopic (exact) mass is 489 g/mol. The van der Waals surface area contributed by atoms with Crippen molar-refractivity contribution in [1.82, 2.24) is 14.8 Å². The van der Waals surface area contributed by atoms with Crippen LogP contribution in [0.4, 0.5) is 5.95 Å². The van der Waals surface area contributed by atoms with Crippen LogP contribution in [0, 0.1) is 0 Å². The number of ether oxygens (including phenoxy) is 3. The summed E-state index contributed by atoms with van der Waals surface area (Å²) in [7, 11) is 4.57. The van der Waals surface area contributed by atoms with Crippen LogP contribution in [-0.4, -0.2) is 42.0 Å². The summed E-state index contributed by atoms with van der Waals surface area (Å²) < 4.78 is 18.1. The molecule has 0 radical (unpaired) electrons. The fraction of sp³-hybridized carbons (Fsp3) is 0.227. The Hall–Kier alpha value is -3.43. The first-order chi connectivity index (χ1) is 15.8. The summed E-state index contributed by atoms with van der Waals surface area (Å²) in [6.07, 6.45) is 0. The molecule has 0 fully saturated rings. The van der Waals surface area contributed by atoms with Crippen molar-refractivity contribution in [3.63, 3.8) is 0 Å². The van der Waals surface area contributed by atoms with Gasteiger partial charge in [-0.25, -0.2) is 4.68 Å². The fourth-order valence-corrected chi connectivity index (χ4v) is 4.08. The smallest absolute Gasteiger partial charge is 0.248 e. The Morgan fingerprint density at radius 3 is 2.30 bits per heavy atom. The van der Waals surface area contributed by atoms with Gasteiger partial charge in [-0.05, 0) is 31.2 Å². The third-order valence-corrected chi connectivity index (χ3v) is 6.07. The molecule has 3 N–H and O–H groups in total. The number of halogens is 2. The summed E-state index contributed by atoms with van der Waals surface area (Å²) in [5.41, 5.74) is 7.89. The minimum atomic E-state index is -0.738. The Morgan fingerprint density at radius 2 is 1.70 bits per heavy atom. The van der Waals surface area contributed by atoms with Gasteiger partial charge in [-0.15, -0.1) is 5.10 Å². The number of nitrogens with zero attached hydrogens (tertiary/aromatic N) is 3.